The van der Waals surface area contributed by atoms with Gasteiger partial charge >= 0.3 is 12.2 Å². The molecular formula is C36H26F2N4O7. The maximum Gasteiger partial charge on any atom is 0.430 e. The molecule has 5 aromatic rings. The monoisotopic (exact) mass is 664 g/mol. The van der Waals surface area contributed by atoms with Crippen LogP contribution >= 0.6 is 0 Å². The number of carboxylic acid groups (broad SMARTS) is 1. The number of halogens is 2. The summed E-state index contributed by atoms with van der Waals surface area (Å²) in [4.78, 5) is 55.4. The standard InChI is InChI=1S/C36H26F2N4O7/c37-23-10-12-24(13-11-23)40-32(43)36(17-18-36)33(44)41-29-15-14-25(20-28(29)38)48-26-16-19-39-31(21-26)42(34(45)46)35(47)49-30-9-5-4-8-27(30)22-6-2-1-3-7-22/h1-16,19-21H,17-18H2,(H,40,43)(H,41,44)(H,45,46). The molecule has 3 N–H and O–H groups in total. The van der Waals surface area contributed by atoms with Crippen molar-refractivity contribution >= 4 is 41.2 Å². The van der Waals surface area contributed by atoms with Crippen molar-refractivity contribution in [2.45, 2.75) is 12.8 Å². The lowest BCUT2D eigenvalue weighted by atomic mass is 10.0. The highest BCUT2D eigenvalue weighted by Crippen LogP contribution is 2.47. The highest BCUT2D eigenvalue weighted by Gasteiger charge is 2.56. The Morgan fingerprint density at radius 2 is 1.45 bits per heavy atom. The number of ether oxygens (including phenoxy) is 2. The van der Waals surface area contributed by atoms with Crippen molar-refractivity contribution in [2.24, 2.45) is 5.41 Å². The van der Waals surface area contributed by atoms with E-state index in [-0.39, 0.29) is 41.6 Å². The quantitative estimate of drug-likeness (QED) is 0.135. The predicted octanol–water partition coefficient (Wildman–Crippen LogP) is 7.86. The zero-order chi connectivity index (χ0) is 34.5. The maximum atomic E-state index is 15.1. The number of hydrogen-bond acceptors (Lipinski definition) is 7. The summed E-state index contributed by atoms with van der Waals surface area (Å²) in [5.74, 6) is -2.87. The molecule has 1 fully saturated rings. The van der Waals surface area contributed by atoms with Crippen molar-refractivity contribution < 1.29 is 42.5 Å². The zero-order valence-corrected chi connectivity index (χ0v) is 25.4. The zero-order valence-electron chi connectivity index (χ0n) is 25.4. The van der Waals surface area contributed by atoms with Gasteiger partial charge in [-0.15, -0.1) is 0 Å². The summed E-state index contributed by atoms with van der Waals surface area (Å²) in [6.45, 7) is 0. The van der Waals surface area contributed by atoms with Gasteiger partial charge < -0.3 is 25.2 Å². The van der Waals surface area contributed by atoms with Crippen LogP contribution in [0.1, 0.15) is 12.8 Å². The second-order valence-corrected chi connectivity index (χ2v) is 10.9. The SMILES string of the molecule is O=C(O)N(C(=O)Oc1ccccc1-c1ccccc1)c1cc(Oc2ccc(NC(=O)C3(C(=O)Nc4ccc(F)cc4)CC3)c(F)c2)ccn1. The Morgan fingerprint density at radius 1 is 0.776 bits per heavy atom. The molecule has 0 radical (unpaired) electrons. The van der Waals surface area contributed by atoms with Gasteiger partial charge in [0, 0.05) is 29.6 Å². The van der Waals surface area contributed by atoms with Gasteiger partial charge in [0.1, 0.15) is 34.3 Å². The topological polar surface area (TPSA) is 147 Å². The first-order chi connectivity index (χ1) is 23.6. The Kier molecular flexibility index (Phi) is 8.98. The van der Waals surface area contributed by atoms with E-state index in [0.29, 0.717) is 16.2 Å². The average molecular weight is 665 g/mol. The van der Waals surface area contributed by atoms with E-state index in [9.17, 15) is 28.7 Å². The lowest BCUT2D eigenvalue weighted by Crippen LogP contribution is -2.38. The minimum absolute atomic E-state index is 0.0133. The largest absolute Gasteiger partial charge is 0.464 e. The number of amides is 4. The molecule has 11 nitrogen and oxygen atoms in total. The van der Waals surface area contributed by atoms with Gasteiger partial charge in [-0.25, -0.2) is 23.4 Å². The first-order valence-electron chi connectivity index (χ1n) is 14.8. The van der Waals surface area contributed by atoms with E-state index in [1.54, 1.807) is 18.2 Å². The number of aromatic nitrogens is 1. The third-order valence-corrected chi connectivity index (χ3v) is 7.63. The normalized spacial score (nSPS) is 12.7. The van der Waals surface area contributed by atoms with Crippen molar-refractivity contribution in [1.82, 2.24) is 4.98 Å². The van der Waals surface area contributed by atoms with Crippen molar-refractivity contribution in [3.63, 3.8) is 0 Å². The van der Waals surface area contributed by atoms with Crippen LogP contribution in [-0.4, -0.2) is 34.1 Å². The van der Waals surface area contributed by atoms with E-state index < -0.39 is 41.1 Å². The molecule has 1 heterocycles. The molecular weight excluding hydrogens is 638 g/mol. The molecule has 1 saturated carbocycles. The third-order valence-electron chi connectivity index (χ3n) is 7.63. The van der Waals surface area contributed by atoms with E-state index in [0.717, 1.165) is 17.7 Å². The maximum absolute atomic E-state index is 15.1. The van der Waals surface area contributed by atoms with Gasteiger partial charge in [-0.1, -0.05) is 48.5 Å². The van der Waals surface area contributed by atoms with Crippen LogP contribution in [0.15, 0.2) is 115 Å². The van der Waals surface area contributed by atoms with Crippen LogP contribution in [0, 0.1) is 17.0 Å². The number of imide groups is 1. The fraction of sp³-hybridized carbons (Fsp3) is 0.0833. The molecule has 6 rings (SSSR count). The number of carbonyl (C=O) groups excluding carboxylic acids is 3. The molecule has 0 saturated heterocycles. The fourth-order valence-corrected chi connectivity index (χ4v) is 4.91. The summed E-state index contributed by atoms with van der Waals surface area (Å²) in [6, 6.07) is 26.9. The Bertz CT molecular complexity index is 2050. The van der Waals surface area contributed by atoms with Gasteiger partial charge in [-0.3, -0.25) is 9.59 Å². The van der Waals surface area contributed by atoms with Gasteiger partial charge in [0.15, 0.2) is 5.82 Å². The van der Waals surface area contributed by atoms with Crippen LogP contribution in [-0.2, 0) is 9.59 Å². The molecule has 13 heteroatoms. The molecule has 4 aromatic carbocycles. The van der Waals surface area contributed by atoms with Gasteiger partial charge in [0.05, 0.1) is 5.69 Å². The molecule has 0 unspecified atom stereocenters. The number of carbonyl (C=O) groups is 4. The number of para-hydroxylation sites is 1. The molecule has 246 valence electrons. The van der Waals surface area contributed by atoms with E-state index in [1.165, 1.54) is 54.7 Å². The fourth-order valence-electron chi connectivity index (χ4n) is 4.91. The molecule has 4 amide bonds. The Morgan fingerprint density at radius 3 is 2.14 bits per heavy atom. The third kappa shape index (κ3) is 7.20. The second kappa shape index (κ2) is 13.6. The van der Waals surface area contributed by atoms with Crippen LogP contribution < -0.4 is 25.0 Å². The Hall–Kier alpha value is -6.63. The van der Waals surface area contributed by atoms with Gasteiger partial charge in [0.25, 0.3) is 0 Å². The van der Waals surface area contributed by atoms with Crippen molar-refractivity contribution in [1.29, 1.82) is 0 Å². The average Bonchev–Trinajstić information content (AvgIpc) is 3.90. The van der Waals surface area contributed by atoms with Gasteiger partial charge in [0.2, 0.25) is 11.8 Å². The molecule has 0 bridgehead atoms. The minimum atomic E-state index is -1.67. The van der Waals surface area contributed by atoms with Crippen LogP contribution in [0.5, 0.6) is 17.2 Å². The number of nitrogens with one attached hydrogen (secondary N) is 2. The number of rotatable bonds is 9. The molecule has 0 aliphatic heterocycles. The first kappa shape index (κ1) is 32.3. The summed E-state index contributed by atoms with van der Waals surface area (Å²) < 4.78 is 39.5. The van der Waals surface area contributed by atoms with E-state index in [2.05, 4.69) is 15.6 Å². The van der Waals surface area contributed by atoms with Crippen LogP contribution in [0.4, 0.5) is 35.6 Å². The molecule has 0 spiro atoms. The Balaban J connectivity index is 1.13. The molecule has 49 heavy (non-hydrogen) atoms. The number of hydrogen-bond donors (Lipinski definition) is 3. The van der Waals surface area contributed by atoms with Gasteiger partial charge in [-0.05, 0) is 66.9 Å². The van der Waals surface area contributed by atoms with E-state index in [4.69, 9.17) is 9.47 Å². The first-order valence-corrected chi connectivity index (χ1v) is 14.8. The summed E-state index contributed by atoms with van der Waals surface area (Å²) in [5.41, 5.74) is 0.0236. The summed E-state index contributed by atoms with van der Waals surface area (Å²) in [6.07, 6.45) is -1.22. The van der Waals surface area contributed by atoms with Crippen LogP contribution in [0.25, 0.3) is 11.1 Å². The van der Waals surface area contributed by atoms with Crippen LogP contribution in [0.2, 0.25) is 0 Å². The van der Waals surface area contributed by atoms with Gasteiger partial charge in [-0.2, -0.15) is 4.90 Å². The van der Waals surface area contributed by atoms with E-state index in [1.807, 2.05) is 30.3 Å². The highest BCUT2D eigenvalue weighted by atomic mass is 19.1. The minimum Gasteiger partial charge on any atom is -0.464 e. The predicted molar refractivity (Wildman–Crippen MR) is 174 cm³/mol. The summed E-state index contributed by atoms with van der Waals surface area (Å²) >= 11 is 0. The lowest BCUT2D eigenvalue weighted by Gasteiger charge is -2.18. The number of pyridine rings is 1. The lowest BCUT2D eigenvalue weighted by molar-refractivity contribution is -0.131. The number of benzene rings is 4. The van der Waals surface area contributed by atoms with Crippen molar-refractivity contribution in [3.8, 4) is 28.4 Å². The van der Waals surface area contributed by atoms with E-state index >= 15 is 4.39 Å². The molecule has 1 aromatic heterocycles. The molecule has 1 aliphatic carbocycles. The molecule has 1 aliphatic rings. The smallest absolute Gasteiger partial charge is 0.430 e. The van der Waals surface area contributed by atoms with Crippen molar-refractivity contribution in [3.05, 3.63) is 127 Å². The number of anilines is 3. The van der Waals surface area contributed by atoms with Crippen molar-refractivity contribution in [2.75, 3.05) is 15.5 Å². The Labute approximate surface area is 277 Å². The highest BCUT2D eigenvalue weighted by molar-refractivity contribution is 6.17. The summed E-state index contributed by atoms with van der Waals surface area (Å²) in [7, 11) is 0. The molecule has 0 atom stereocenters. The second-order valence-electron chi connectivity index (χ2n) is 10.9. The summed E-state index contributed by atoms with van der Waals surface area (Å²) in [5, 5.41) is 14.9. The van der Waals surface area contributed by atoms with Crippen LogP contribution in [0.3, 0.4) is 0 Å². The number of nitrogens with zero attached hydrogens (tertiary/aromatic N) is 2.